The Balaban J connectivity index is 0.00000361. The van der Waals surface area contributed by atoms with Crippen molar-refractivity contribution in [3.63, 3.8) is 0 Å². The molecule has 1 unspecified atom stereocenters. The van der Waals surface area contributed by atoms with E-state index in [1.165, 1.54) is 7.11 Å². The summed E-state index contributed by atoms with van der Waals surface area (Å²) in [5.74, 6) is -0.522. The Morgan fingerprint density at radius 1 is 1.30 bits per heavy atom. The van der Waals surface area contributed by atoms with Crippen LogP contribution in [0.25, 0.3) is 0 Å². The van der Waals surface area contributed by atoms with Gasteiger partial charge in [0.1, 0.15) is 6.04 Å². The minimum absolute atomic E-state index is 0. The molecule has 0 aromatic heterocycles. The van der Waals surface area contributed by atoms with E-state index in [-0.39, 0.29) is 30.7 Å². The summed E-state index contributed by atoms with van der Waals surface area (Å²) in [6, 6.07) is 6.83. The summed E-state index contributed by atoms with van der Waals surface area (Å²) in [7, 11) is 1.34. The van der Waals surface area contributed by atoms with Gasteiger partial charge in [-0.15, -0.1) is 12.4 Å². The zero-order chi connectivity index (χ0) is 14.3. The van der Waals surface area contributed by atoms with Crippen LogP contribution in [0.3, 0.4) is 0 Å². The number of amides is 1. The molecule has 0 aliphatic rings. The van der Waals surface area contributed by atoms with Crippen molar-refractivity contribution in [2.24, 2.45) is 5.73 Å². The second-order valence-corrected chi connectivity index (χ2v) is 4.36. The molecule has 6 heteroatoms. The van der Waals surface area contributed by atoms with E-state index >= 15 is 0 Å². The minimum Gasteiger partial charge on any atom is -0.469 e. The number of carbonyl (C=O) groups is 2. The largest absolute Gasteiger partial charge is 0.469 e. The van der Waals surface area contributed by atoms with Crippen LogP contribution in [0.4, 0.5) is 0 Å². The van der Waals surface area contributed by atoms with E-state index in [0.29, 0.717) is 13.0 Å². The van der Waals surface area contributed by atoms with Crippen LogP contribution in [0.15, 0.2) is 24.3 Å². The molecule has 0 bridgehead atoms. The number of hydrogen-bond acceptors (Lipinski definition) is 4. The number of halogens is 1. The second-order valence-electron chi connectivity index (χ2n) is 4.36. The maximum Gasteiger partial charge on any atom is 0.305 e. The van der Waals surface area contributed by atoms with Gasteiger partial charge in [0.05, 0.1) is 7.11 Å². The Bertz CT molecular complexity index is 435. The number of ether oxygens (including phenoxy) is 1. The molecule has 0 spiro atoms. The van der Waals surface area contributed by atoms with Crippen LogP contribution >= 0.6 is 12.4 Å². The first-order chi connectivity index (χ1) is 9.04. The van der Waals surface area contributed by atoms with Crippen LogP contribution in [-0.2, 0) is 14.3 Å². The molecule has 0 fully saturated rings. The van der Waals surface area contributed by atoms with Gasteiger partial charge in [-0.3, -0.25) is 9.59 Å². The number of esters is 1. The molecular weight excluding hydrogens is 280 g/mol. The van der Waals surface area contributed by atoms with Crippen molar-refractivity contribution in [3.05, 3.63) is 35.4 Å². The van der Waals surface area contributed by atoms with E-state index in [1.807, 2.05) is 31.2 Å². The lowest BCUT2D eigenvalue weighted by Crippen LogP contribution is -2.34. The first kappa shape index (κ1) is 18.4. The van der Waals surface area contributed by atoms with Gasteiger partial charge in [0.15, 0.2) is 0 Å². The number of methoxy groups -OCH3 is 1. The molecule has 112 valence electrons. The zero-order valence-corrected chi connectivity index (χ0v) is 12.5. The van der Waals surface area contributed by atoms with Crippen molar-refractivity contribution in [1.82, 2.24) is 5.32 Å². The van der Waals surface area contributed by atoms with Crippen LogP contribution < -0.4 is 11.1 Å². The van der Waals surface area contributed by atoms with Crippen LogP contribution in [-0.4, -0.2) is 25.5 Å². The number of hydrogen-bond donors (Lipinski definition) is 2. The first-order valence-electron chi connectivity index (χ1n) is 6.21. The molecule has 3 N–H and O–H groups in total. The van der Waals surface area contributed by atoms with Crippen molar-refractivity contribution in [2.45, 2.75) is 25.8 Å². The van der Waals surface area contributed by atoms with Crippen molar-refractivity contribution in [3.8, 4) is 0 Å². The average Bonchev–Trinajstić information content (AvgIpc) is 2.43. The lowest BCUT2D eigenvalue weighted by atomic mass is 10.1. The number of nitrogens with one attached hydrogen (secondary N) is 1. The highest BCUT2D eigenvalue weighted by atomic mass is 35.5. The summed E-state index contributed by atoms with van der Waals surface area (Å²) in [6.45, 7) is 2.38. The number of aryl methyl sites for hydroxylation is 1. The topological polar surface area (TPSA) is 81.4 Å². The van der Waals surface area contributed by atoms with E-state index in [4.69, 9.17) is 5.73 Å². The molecule has 0 aliphatic carbocycles. The van der Waals surface area contributed by atoms with Gasteiger partial charge in [0.2, 0.25) is 5.91 Å². The highest BCUT2D eigenvalue weighted by molar-refractivity contribution is 5.85. The third kappa shape index (κ3) is 6.04. The zero-order valence-electron chi connectivity index (χ0n) is 11.7. The Morgan fingerprint density at radius 3 is 2.45 bits per heavy atom. The Hall–Kier alpha value is -1.59. The molecule has 1 aromatic carbocycles. The fraction of sp³-hybridized carbons (Fsp3) is 0.429. The third-order valence-corrected chi connectivity index (χ3v) is 2.80. The fourth-order valence-electron chi connectivity index (χ4n) is 1.58. The molecule has 5 nitrogen and oxygen atoms in total. The van der Waals surface area contributed by atoms with Crippen molar-refractivity contribution in [1.29, 1.82) is 0 Å². The second kappa shape index (κ2) is 9.34. The summed E-state index contributed by atoms with van der Waals surface area (Å²) in [6.07, 6.45) is 0.829. The molecule has 1 rings (SSSR count). The van der Waals surface area contributed by atoms with Crippen molar-refractivity contribution in [2.75, 3.05) is 13.7 Å². The van der Waals surface area contributed by atoms with Crippen molar-refractivity contribution >= 4 is 24.3 Å². The van der Waals surface area contributed by atoms with Crippen LogP contribution in [0.1, 0.15) is 30.0 Å². The van der Waals surface area contributed by atoms with E-state index in [0.717, 1.165) is 11.1 Å². The van der Waals surface area contributed by atoms with E-state index < -0.39 is 6.04 Å². The summed E-state index contributed by atoms with van der Waals surface area (Å²) in [5.41, 5.74) is 7.75. The predicted molar refractivity (Wildman–Crippen MR) is 79.6 cm³/mol. The van der Waals surface area contributed by atoms with Gasteiger partial charge in [-0.2, -0.15) is 0 Å². The highest BCUT2D eigenvalue weighted by Gasteiger charge is 2.14. The van der Waals surface area contributed by atoms with Gasteiger partial charge in [-0.25, -0.2) is 0 Å². The quantitative estimate of drug-likeness (QED) is 0.616. The maximum atomic E-state index is 11.8. The standard InChI is InChI=1S/C14H20N2O3.ClH/c1-10-5-7-11(8-6-10)13(15)14(18)16-9-3-4-12(17)19-2;/h5-8,13H,3-4,9,15H2,1-2H3,(H,16,18);1H. The van der Waals surface area contributed by atoms with E-state index in [1.54, 1.807) is 0 Å². The number of carbonyl (C=O) groups excluding carboxylic acids is 2. The Labute approximate surface area is 125 Å². The lowest BCUT2D eigenvalue weighted by molar-refractivity contribution is -0.140. The number of benzene rings is 1. The molecule has 20 heavy (non-hydrogen) atoms. The molecule has 0 saturated heterocycles. The number of rotatable bonds is 6. The van der Waals surface area contributed by atoms with E-state index in [2.05, 4.69) is 10.1 Å². The van der Waals surface area contributed by atoms with E-state index in [9.17, 15) is 9.59 Å². The Kier molecular flexibility index (Phi) is 8.59. The normalized spacial score (nSPS) is 11.2. The summed E-state index contributed by atoms with van der Waals surface area (Å²) in [5, 5.41) is 2.70. The molecule has 0 aliphatic heterocycles. The number of nitrogens with two attached hydrogens (primary N) is 1. The van der Waals surface area contributed by atoms with Gasteiger partial charge in [0, 0.05) is 13.0 Å². The van der Waals surface area contributed by atoms with Gasteiger partial charge in [-0.05, 0) is 18.9 Å². The summed E-state index contributed by atoms with van der Waals surface area (Å²) in [4.78, 5) is 22.7. The first-order valence-corrected chi connectivity index (χ1v) is 6.21. The summed E-state index contributed by atoms with van der Waals surface area (Å²) < 4.78 is 4.51. The summed E-state index contributed by atoms with van der Waals surface area (Å²) >= 11 is 0. The Morgan fingerprint density at radius 2 is 1.90 bits per heavy atom. The van der Waals surface area contributed by atoms with Crippen LogP contribution in [0.5, 0.6) is 0 Å². The van der Waals surface area contributed by atoms with Gasteiger partial charge in [-0.1, -0.05) is 29.8 Å². The molecule has 0 saturated carbocycles. The van der Waals surface area contributed by atoms with Crippen molar-refractivity contribution < 1.29 is 14.3 Å². The van der Waals surface area contributed by atoms with Crippen LogP contribution in [0.2, 0.25) is 0 Å². The third-order valence-electron chi connectivity index (χ3n) is 2.80. The fourth-order valence-corrected chi connectivity index (χ4v) is 1.58. The molecule has 1 aromatic rings. The van der Waals surface area contributed by atoms with Crippen LogP contribution in [0, 0.1) is 6.92 Å². The molecule has 1 atom stereocenters. The average molecular weight is 301 g/mol. The predicted octanol–water partition coefficient (Wildman–Crippen LogP) is 1.49. The molecule has 0 radical (unpaired) electrons. The maximum absolute atomic E-state index is 11.8. The minimum atomic E-state index is -0.682. The molecule has 1 amide bonds. The van der Waals surface area contributed by atoms with Gasteiger partial charge < -0.3 is 15.8 Å². The highest BCUT2D eigenvalue weighted by Crippen LogP contribution is 2.11. The SMILES string of the molecule is COC(=O)CCCNC(=O)C(N)c1ccc(C)cc1.Cl. The molecule has 0 heterocycles. The smallest absolute Gasteiger partial charge is 0.305 e. The lowest BCUT2D eigenvalue weighted by Gasteiger charge is -2.12. The van der Waals surface area contributed by atoms with Gasteiger partial charge in [0.25, 0.3) is 0 Å². The monoisotopic (exact) mass is 300 g/mol. The molecular formula is C14H21ClN2O3. The van der Waals surface area contributed by atoms with Gasteiger partial charge >= 0.3 is 5.97 Å².